The summed E-state index contributed by atoms with van der Waals surface area (Å²) in [6, 6.07) is 0. The molecule has 1 fully saturated rings. The lowest BCUT2D eigenvalue weighted by Crippen LogP contribution is -2.27. The molecule has 0 bridgehead atoms. The van der Waals surface area contributed by atoms with Gasteiger partial charge in [0.05, 0.1) is 0 Å². The maximum Gasteiger partial charge on any atom is 0.136 e. The first-order valence-corrected chi connectivity index (χ1v) is 6.70. The van der Waals surface area contributed by atoms with Crippen LogP contribution in [0.4, 0.5) is 0 Å². The van der Waals surface area contributed by atoms with Crippen LogP contribution >= 0.6 is 0 Å². The smallest absolute Gasteiger partial charge is 0.136 e. The lowest BCUT2D eigenvalue weighted by atomic mass is 9.77. The summed E-state index contributed by atoms with van der Waals surface area (Å²) in [6.45, 7) is 14.5. The lowest BCUT2D eigenvalue weighted by Gasteiger charge is -2.27. The Kier molecular flexibility index (Phi) is 7.70. The molecule has 1 saturated carbocycles. The summed E-state index contributed by atoms with van der Waals surface area (Å²) in [5.74, 6) is 2.83. The second kappa shape index (κ2) is 7.86. The van der Waals surface area contributed by atoms with Gasteiger partial charge in [-0.25, -0.2) is 0 Å². The second-order valence-corrected chi connectivity index (χ2v) is 5.89. The normalized spacial score (nSPS) is 25.6. The molecule has 0 heterocycles. The van der Waals surface area contributed by atoms with Crippen molar-refractivity contribution in [2.24, 2.45) is 23.7 Å². The maximum absolute atomic E-state index is 11.4. The molecule has 1 heteroatoms. The summed E-state index contributed by atoms with van der Waals surface area (Å²) in [7, 11) is 0. The summed E-state index contributed by atoms with van der Waals surface area (Å²) in [5.41, 5.74) is 0. The van der Waals surface area contributed by atoms with Crippen molar-refractivity contribution in [1.82, 2.24) is 0 Å². The fourth-order valence-electron chi connectivity index (χ4n) is 1.93. The number of hydrogen-bond donors (Lipinski definition) is 0. The van der Waals surface area contributed by atoms with Crippen LogP contribution < -0.4 is 0 Å². The Morgan fingerprint density at radius 1 is 1.25 bits per heavy atom. The molecule has 1 nitrogen and oxygen atoms in total. The van der Waals surface area contributed by atoms with Gasteiger partial charge in [-0.1, -0.05) is 48.0 Å². The average Bonchev–Trinajstić information content (AvgIpc) is 2.17. The van der Waals surface area contributed by atoms with Crippen LogP contribution in [0.2, 0.25) is 0 Å². The van der Waals surface area contributed by atoms with E-state index in [1.54, 1.807) is 0 Å². The van der Waals surface area contributed by atoms with Crippen LogP contribution in [0, 0.1) is 30.6 Å². The first-order valence-electron chi connectivity index (χ1n) is 6.70. The van der Waals surface area contributed by atoms with E-state index in [1.165, 1.54) is 6.42 Å². The zero-order valence-electron chi connectivity index (χ0n) is 11.8. The molecule has 0 aliphatic heterocycles. The van der Waals surface area contributed by atoms with Crippen LogP contribution in [0.1, 0.15) is 60.3 Å². The Labute approximate surface area is 102 Å². The van der Waals surface area contributed by atoms with Gasteiger partial charge in [0.15, 0.2) is 0 Å². The van der Waals surface area contributed by atoms with E-state index in [0.717, 1.165) is 25.2 Å². The Bertz CT molecular complexity index is 194. The van der Waals surface area contributed by atoms with Crippen molar-refractivity contribution in [3.63, 3.8) is 0 Å². The zero-order chi connectivity index (χ0) is 12.7. The molecule has 1 aliphatic rings. The molecule has 0 amide bonds. The first kappa shape index (κ1) is 15.7. The van der Waals surface area contributed by atoms with Gasteiger partial charge in [0.2, 0.25) is 0 Å². The van der Waals surface area contributed by atoms with Crippen LogP contribution in [0.15, 0.2) is 0 Å². The van der Waals surface area contributed by atoms with E-state index in [0.29, 0.717) is 23.5 Å². The number of Topliss-reactive ketones (excluding diaryl/α,β-unsaturated/α-hetero) is 1. The molecule has 0 aromatic heterocycles. The van der Waals surface area contributed by atoms with E-state index in [-0.39, 0.29) is 0 Å². The Balaban J connectivity index is 0.000000385. The molecular weight excluding hydrogens is 196 g/mol. The van der Waals surface area contributed by atoms with Crippen LogP contribution in [0.3, 0.4) is 0 Å². The molecular formula is C15H29O. The monoisotopic (exact) mass is 225 g/mol. The minimum atomic E-state index is 0.367. The van der Waals surface area contributed by atoms with Crippen LogP contribution in [-0.2, 0) is 4.79 Å². The number of rotatable bonds is 2. The highest BCUT2D eigenvalue weighted by Gasteiger charge is 2.27. The molecule has 2 atom stereocenters. The van der Waals surface area contributed by atoms with Crippen LogP contribution in [-0.4, -0.2) is 5.78 Å². The lowest BCUT2D eigenvalue weighted by molar-refractivity contribution is -0.127. The van der Waals surface area contributed by atoms with E-state index in [1.807, 2.05) is 0 Å². The standard InChI is InChI=1S/C10H18O.C5H11/c1-7(2)9-5-4-8(3)6-10(9)11;1-4-5(2)3/h7-9H,4-6H2,1-3H3;5H,1,4H2,2-3H3. The fourth-order valence-corrected chi connectivity index (χ4v) is 1.93. The van der Waals surface area contributed by atoms with Gasteiger partial charge in [0, 0.05) is 12.3 Å². The largest absolute Gasteiger partial charge is 0.299 e. The summed E-state index contributed by atoms with van der Waals surface area (Å²) >= 11 is 0. The van der Waals surface area contributed by atoms with E-state index < -0.39 is 0 Å². The molecule has 2 unspecified atom stereocenters. The van der Waals surface area contributed by atoms with Gasteiger partial charge in [-0.3, -0.25) is 4.79 Å². The van der Waals surface area contributed by atoms with Gasteiger partial charge >= 0.3 is 0 Å². The molecule has 95 valence electrons. The van der Waals surface area contributed by atoms with Crippen molar-refractivity contribution < 1.29 is 4.79 Å². The van der Waals surface area contributed by atoms with E-state index >= 15 is 0 Å². The van der Waals surface area contributed by atoms with Crippen molar-refractivity contribution >= 4 is 5.78 Å². The summed E-state index contributed by atoms with van der Waals surface area (Å²) in [6.07, 6.45) is 4.25. The molecule has 0 N–H and O–H groups in total. The summed E-state index contributed by atoms with van der Waals surface area (Å²) < 4.78 is 0. The molecule has 1 radical (unpaired) electrons. The number of carbonyl (C=O) groups excluding carboxylic acids is 1. The van der Waals surface area contributed by atoms with Gasteiger partial charge in [-0.15, -0.1) is 0 Å². The Hall–Kier alpha value is -0.330. The zero-order valence-corrected chi connectivity index (χ0v) is 11.8. The highest BCUT2D eigenvalue weighted by molar-refractivity contribution is 5.82. The highest BCUT2D eigenvalue weighted by Crippen LogP contribution is 2.29. The van der Waals surface area contributed by atoms with Crippen molar-refractivity contribution in [1.29, 1.82) is 0 Å². The number of hydrogen-bond acceptors (Lipinski definition) is 1. The summed E-state index contributed by atoms with van der Waals surface area (Å²) in [4.78, 5) is 11.4. The van der Waals surface area contributed by atoms with E-state index in [2.05, 4.69) is 41.5 Å². The highest BCUT2D eigenvalue weighted by atomic mass is 16.1. The van der Waals surface area contributed by atoms with Crippen molar-refractivity contribution in [2.45, 2.75) is 60.3 Å². The molecule has 16 heavy (non-hydrogen) atoms. The average molecular weight is 225 g/mol. The first-order chi connectivity index (χ1) is 7.38. The molecule has 0 aromatic carbocycles. The number of carbonyl (C=O) groups is 1. The Morgan fingerprint density at radius 2 is 1.75 bits per heavy atom. The second-order valence-electron chi connectivity index (χ2n) is 5.89. The minimum absolute atomic E-state index is 0.367. The van der Waals surface area contributed by atoms with Gasteiger partial charge in [-0.2, -0.15) is 0 Å². The predicted molar refractivity (Wildman–Crippen MR) is 71.2 cm³/mol. The fraction of sp³-hybridized carbons (Fsp3) is 0.867. The van der Waals surface area contributed by atoms with Crippen molar-refractivity contribution in [2.75, 3.05) is 0 Å². The van der Waals surface area contributed by atoms with Crippen LogP contribution in [0.25, 0.3) is 0 Å². The van der Waals surface area contributed by atoms with Crippen LogP contribution in [0.5, 0.6) is 0 Å². The van der Waals surface area contributed by atoms with Gasteiger partial charge < -0.3 is 0 Å². The summed E-state index contributed by atoms with van der Waals surface area (Å²) in [5, 5.41) is 0. The maximum atomic E-state index is 11.4. The van der Waals surface area contributed by atoms with E-state index in [4.69, 9.17) is 0 Å². The molecule has 0 spiro atoms. The third kappa shape index (κ3) is 6.30. The topological polar surface area (TPSA) is 17.1 Å². The minimum Gasteiger partial charge on any atom is -0.299 e. The van der Waals surface area contributed by atoms with Gasteiger partial charge in [-0.05, 0) is 30.6 Å². The quantitative estimate of drug-likeness (QED) is 0.675. The third-order valence-electron chi connectivity index (χ3n) is 3.32. The predicted octanol–water partition coefficient (Wildman–Crippen LogP) is 4.51. The van der Waals surface area contributed by atoms with Crippen molar-refractivity contribution in [3.05, 3.63) is 6.92 Å². The molecule has 0 saturated heterocycles. The SMILES string of the molecule is CC1CCC(C(C)C)C(=O)C1.[CH2]CC(C)C. The third-order valence-corrected chi connectivity index (χ3v) is 3.32. The Morgan fingerprint density at radius 3 is 2.06 bits per heavy atom. The molecule has 1 aliphatic carbocycles. The number of ketones is 1. The van der Waals surface area contributed by atoms with Gasteiger partial charge in [0.25, 0.3) is 0 Å². The molecule has 1 rings (SSSR count). The van der Waals surface area contributed by atoms with Crippen molar-refractivity contribution in [3.8, 4) is 0 Å². The molecule has 0 aromatic rings. The van der Waals surface area contributed by atoms with Gasteiger partial charge in [0.1, 0.15) is 5.78 Å². The van der Waals surface area contributed by atoms with E-state index in [9.17, 15) is 4.79 Å².